The Balaban J connectivity index is 2.10. The molecule has 1 aromatic carbocycles. The number of hydrogen-bond acceptors (Lipinski definition) is 4. The summed E-state index contributed by atoms with van der Waals surface area (Å²) in [5.74, 6) is 4.02. The van der Waals surface area contributed by atoms with E-state index in [1.54, 1.807) is 6.92 Å². The summed E-state index contributed by atoms with van der Waals surface area (Å²) in [5.41, 5.74) is 0. The van der Waals surface area contributed by atoms with Crippen molar-refractivity contribution in [1.82, 2.24) is 9.97 Å². The molecule has 2 aromatic rings. The number of benzene rings is 1. The molecule has 0 saturated heterocycles. The third kappa shape index (κ3) is 3.65. The Hall–Kier alpha value is -2.68. The SMILES string of the molecule is CC#CCOc1cc(Oc2ccc(F)c(F)c2)ncn1. The van der Waals surface area contributed by atoms with Crippen LogP contribution in [-0.4, -0.2) is 16.6 Å². The van der Waals surface area contributed by atoms with Crippen LogP contribution in [0.4, 0.5) is 8.78 Å². The Labute approximate surface area is 114 Å². The summed E-state index contributed by atoms with van der Waals surface area (Å²) >= 11 is 0. The lowest BCUT2D eigenvalue weighted by Crippen LogP contribution is -1.98. The summed E-state index contributed by atoms with van der Waals surface area (Å²) in [6.45, 7) is 1.89. The predicted molar refractivity (Wildman–Crippen MR) is 67.4 cm³/mol. The lowest BCUT2D eigenvalue weighted by molar-refractivity contribution is 0.349. The van der Waals surface area contributed by atoms with Gasteiger partial charge >= 0.3 is 0 Å². The molecule has 0 atom stereocenters. The fourth-order valence-corrected chi connectivity index (χ4v) is 1.30. The molecule has 2 rings (SSSR count). The van der Waals surface area contributed by atoms with Crippen molar-refractivity contribution in [2.45, 2.75) is 6.92 Å². The van der Waals surface area contributed by atoms with Gasteiger partial charge in [0.2, 0.25) is 11.8 Å². The van der Waals surface area contributed by atoms with Crippen molar-refractivity contribution in [1.29, 1.82) is 0 Å². The molecule has 1 aromatic heterocycles. The van der Waals surface area contributed by atoms with Gasteiger partial charge in [-0.15, -0.1) is 5.92 Å². The minimum Gasteiger partial charge on any atom is -0.464 e. The van der Waals surface area contributed by atoms with Crippen LogP contribution < -0.4 is 9.47 Å². The van der Waals surface area contributed by atoms with Crippen LogP contribution in [0.15, 0.2) is 30.6 Å². The second kappa shape index (κ2) is 6.48. The van der Waals surface area contributed by atoms with Gasteiger partial charge in [0.1, 0.15) is 12.1 Å². The highest BCUT2D eigenvalue weighted by molar-refractivity contribution is 5.29. The third-order valence-electron chi connectivity index (χ3n) is 2.20. The van der Waals surface area contributed by atoms with E-state index < -0.39 is 11.6 Å². The molecule has 0 aliphatic rings. The maximum atomic E-state index is 13.0. The first-order valence-corrected chi connectivity index (χ1v) is 5.66. The normalized spacial score (nSPS) is 9.55. The van der Waals surface area contributed by atoms with Gasteiger partial charge in [0.05, 0.1) is 6.07 Å². The van der Waals surface area contributed by atoms with Crippen LogP contribution in [0.25, 0.3) is 0 Å². The van der Waals surface area contributed by atoms with E-state index in [0.29, 0.717) is 0 Å². The van der Waals surface area contributed by atoms with Crippen molar-refractivity contribution < 1.29 is 18.3 Å². The highest BCUT2D eigenvalue weighted by Crippen LogP contribution is 2.23. The molecule has 0 aliphatic carbocycles. The van der Waals surface area contributed by atoms with E-state index in [4.69, 9.17) is 9.47 Å². The number of halogens is 2. The first-order chi connectivity index (χ1) is 9.69. The van der Waals surface area contributed by atoms with E-state index >= 15 is 0 Å². The zero-order valence-electron chi connectivity index (χ0n) is 10.6. The van der Waals surface area contributed by atoms with Crippen molar-refractivity contribution in [3.05, 3.63) is 42.2 Å². The molecule has 0 saturated carbocycles. The molecule has 0 bridgehead atoms. The molecule has 20 heavy (non-hydrogen) atoms. The second-order valence-electron chi connectivity index (χ2n) is 3.59. The van der Waals surface area contributed by atoms with Crippen LogP contribution in [0, 0.1) is 23.5 Å². The van der Waals surface area contributed by atoms with Crippen molar-refractivity contribution in [3.63, 3.8) is 0 Å². The van der Waals surface area contributed by atoms with Crippen LogP contribution in [-0.2, 0) is 0 Å². The predicted octanol–water partition coefficient (Wildman–Crippen LogP) is 2.95. The molecule has 0 radical (unpaired) electrons. The number of ether oxygens (including phenoxy) is 2. The molecule has 0 fully saturated rings. The van der Waals surface area contributed by atoms with E-state index in [1.165, 1.54) is 18.5 Å². The van der Waals surface area contributed by atoms with Gasteiger partial charge in [0, 0.05) is 6.07 Å². The maximum Gasteiger partial charge on any atom is 0.226 e. The fourth-order valence-electron chi connectivity index (χ4n) is 1.30. The average Bonchev–Trinajstić information content (AvgIpc) is 2.44. The quantitative estimate of drug-likeness (QED) is 0.805. The summed E-state index contributed by atoms with van der Waals surface area (Å²) in [7, 11) is 0. The summed E-state index contributed by atoms with van der Waals surface area (Å²) < 4.78 is 36.3. The number of aromatic nitrogens is 2. The summed E-state index contributed by atoms with van der Waals surface area (Å²) in [6, 6.07) is 4.63. The van der Waals surface area contributed by atoms with Crippen molar-refractivity contribution in [2.75, 3.05) is 6.61 Å². The van der Waals surface area contributed by atoms with Gasteiger partial charge in [0.15, 0.2) is 18.2 Å². The molecule has 0 spiro atoms. The van der Waals surface area contributed by atoms with E-state index in [9.17, 15) is 8.78 Å². The largest absolute Gasteiger partial charge is 0.464 e. The highest BCUT2D eigenvalue weighted by atomic mass is 19.2. The summed E-state index contributed by atoms with van der Waals surface area (Å²) in [5, 5.41) is 0. The van der Waals surface area contributed by atoms with Crippen molar-refractivity contribution >= 4 is 0 Å². The Kier molecular flexibility index (Phi) is 4.45. The Bertz CT molecular complexity index is 666. The van der Waals surface area contributed by atoms with Gasteiger partial charge in [-0.05, 0) is 19.1 Å². The van der Waals surface area contributed by atoms with Crippen LogP contribution >= 0.6 is 0 Å². The molecule has 0 amide bonds. The number of rotatable bonds is 4. The molecule has 0 N–H and O–H groups in total. The van der Waals surface area contributed by atoms with Gasteiger partial charge < -0.3 is 9.47 Å². The van der Waals surface area contributed by atoms with Gasteiger partial charge in [-0.2, -0.15) is 0 Å². The molecule has 0 aliphatic heterocycles. The Morgan fingerprint density at radius 1 is 1.10 bits per heavy atom. The van der Waals surface area contributed by atoms with E-state index in [-0.39, 0.29) is 24.1 Å². The maximum absolute atomic E-state index is 13.0. The van der Waals surface area contributed by atoms with Gasteiger partial charge in [0.25, 0.3) is 0 Å². The minimum atomic E-state index is -0.994. The first-order valence-electron chi connectivity index (χ1n) is 5.66. The number of hydrogen-bond donors (Lipinski definition) is 0. The topological polar surface area (TPSA) is 44.2 Å². The van der Waals surface area contributed by atoms with Gasteiger partial charge in [-0.25, -0.2) is 18.7 Å². The second-order valence-corrected chi connectivity index (χ2v) is 3.59. The number of nitrogens with zero attached hydrogens (tertiary/aromatic N) is 2. The third-order valence-corrected chi connectivity index (χ3v) is 2.20. The molecule has 6 heteroatoms. The molecule has 0 unspecified atom stereocenters. The van der Waals surface area contributed by atoms with E-state index in [0.717, 1.165) is 12.1 Å². The molecular formula is C14H10F2N2O2. The van der Waals surface area contributed by atoms with Gasteiger partial charge in [-0.1, -0.05) is 5.92 Å². The lowest BCUT2D eigenvalue weighted by atomic mass is 10.3. The molecule has 102 valence electrons. The van der Waals surface area contributed by atoms with Crippen LogP contribution in [0.2, 0.25) is 0 Å². The average molecular weight is 276 g/mol. The Morgan fingerprint density at radius 3 is 2.65 bits per heavy atom. The minimum absolute atomic E-state index is 0.127. The van der Waals surface area contributed by atoms with Crippen molar-refractivity contribution in [2.24, 2.45) is 0 Å². The molecule has 4 nitrogen and oxygen atoms in total. The Morgan fingerprint density at radius 2 is 1.90 bits per heavy atom. The van der Waals surface area contributed by atoms with Crippen molar-refractivity contribution in [3.8, 4) is 29.4 Å². The lowest BCUT2D eigenvalue weighted by Gasteiger charge is -2.06. The van der Waals surface area contributed by atoms with Crippen LogP contribution in [0.3, 0.4) is 0 Å². The highest BCUT2D eigenvalue weighted by Gasteiger charge is 2.06. The van der Waals surface area contributed by atoms with Crippen LogP contribution in [0.5, 0.6) is 17.5 Å². The van der Waals surface area contributed by atoms with E-state index in [1.807, 2.05) is 0 Å². The molecular weight excluding hydrogens is 266 g/mol. The summed E-state index contributed by atoms with van der Waals surface area (Å²) in [4.78, 5) is 7.72. The van der Waals surface area contributed by atoms with Crippen LogP contribution in [0.1, 0.15) is 6.92 Å². The first kappa shape index (κ1) is 13.7. The molecule has 1 heterocycles. The zero-order valence-corrected chi connectivity index (χ0v) is 10.6. The van der Waals surface area contributed by atoms with Gasteiger partial charge in [-0.3, -0.25) is 0 Å². The standard InChI is InChI=1S/C14H10F2N2O2/c1-2-3-6-19-13-8-14(18-9-17-13)20-10-4-5-11(15)12(16)7-10/h4-5,7-9H,6H2,1H3. The monoisotopic (exact) mass is 276 g/mol. The van der Waals surface area contributed by atoms with E-state index in [2.05, 4.69) is 21.8 Å². The fraction of sp³-hybridized carbons (Fsp3) is 0.143. The zero-order chi connectivity index (χ0) is 14.4. The smallest absolute Gasteiger partial charge is 0.226 e. The summed E-state index contributed by atoms with van der Waals surface area (Å²) in [6.07, 6.45) is 1.24.